The molecule has 1 fully saturated rings. The number of unbranched alkanes of at least 4 members (excludes halogenated alkanes) is 3. The maximum atomic E-state index is 11.1. The van der Waals surface area contributed by atoms with Gasteiger partial charge in [0.05, 0.1) is 62.6 Å². The summed E-state index contributed by atoms with van der Waals surface area (Å²) in [5.41, 5.74) is 5.40. The lowest BCUT2D eigenvalue weighted by Gasteiger charge is -2.31. The van der Waals surface area contributed by atoms with Gasteiger partial charge in [-0.1, -0.05) is 73.7 Å². The lowest BCUT2D eigenvalue weighted by atomic mass is 9.82. The minimum Gasteiger partial charge on any atom is -0.494 e. The molecule has 12 heteroatoms. The second kappa shape index (κ2) is 25.7. The third-order valence-electron chi connectivity index (χ3n) is 11.1. The van der Waals surface area contributed by atoms with Crippen LogP contribution in [0, 0.1) is 11.8 Å². The van der Waals surface area contributed by atoms with Crippen molar-refractivity contribution in [3.63, 3.8) is 0 Å². The fourth-order valence-electron chi connectivity index (χ4n) is 7.52. The number of nitrogens with zero attached hydrogens (tertiary/aromatic N) is 3. The summed E-state index contributed by atoms with van der Waals surface area (Å²) in [6, 6.07) is 30.6. The molecular weight excluding hydrogens is 815 g/mol. The molecule has 0 saturated heterocycles. The Labute approximate surface area is 376 Å². The first kappa shape index (κ1) is 47.2. The molecule has 1 N–H and O–H groups in total. The highest BCUT2D eigenvalue weighted by molar-refractivity contribution is 7.22. The molecule has 1 heterocycles. The maximum Gasteiger partial charge on any atom is 0.330 e. The Morgan fingerprint density at radius 3 is 2.37 bits per heavy atom. The number of methoxy groups -OCH3 is 1. The molecule has 4 aromatic carbocycles. The summed E-state index contributed by atoms with van der Waals surface area (Å²) in [4.78, 5) is 16.0. The van der Waals surface area contributed by atoms with Gasteiger partial charge >= 0.3 is 5.97 Å². The normalized spacial score (nSPS) is 15.6. The lowest BCUT2D eigenvalue weighted by Crippen LogP contribution is -2.31. The van der Waals surface area contributed by atoms with Crippen LogP contribution in [0.15, 0.2) is 109 Å². The van der Waals surface area contributed by atoms with E-state index >= 15 is 0 Å². The van der Waals surface area contributed by atoms with E-state index in [4.69, 9.17) is 38.5 Å². The number of para-hydroxylation sites is 1. The average Bonchev–Trinajstić information content (AvgIpc) is 3.75. The van der Waals surface area contributed by atoms with E-state index < -0.39 is 6.29 Å². The molecule has 0 spiro atoms. The van der Waals surface area contributed by atoms with Crippen LogP contribution in [0.25, 0.3) is 21.3 Å². The fraction of sp³-hybridized carbons (Fsp3) is 0.431. The number of anilines is 1. The summed E-state index contributed by atoms with van der Waals surface area (Å²) in [5.74, 6) is 2.21. The first-order chi connectivity index (χ1) is 30.9. The Kier molecular flexibility index (Phi) is 19.3. The standard InChI is InChI=1S/C51H63N3O8S/c1-4-12-38-15-19-40(20-16-38)46-28-27-45(35-42(46)36-52-54(29-32-58-34-33-57-3)51-53-47-13-8-9-14-48(47)63-51)61-37-39-17-21-41(22-18-39)50(56)62-44-25-23-43(24-26-44)59-30-10-6-7-11-31-60-49(55)5-2/h5,8-9,13-16,19-20,23-28,35-36,39,41,50,56H,2,4,6-7,10-12,17-18,21-22,29-34,37H2,1,3H3/b52-36+. The highest BCUT2D eigenvalue weighted by atomic mass is 32.1. The van der Waals surface area contributed by atoms with Crippen molar-refractivity contribution in [2.45, 2.75) is 77.4 Å². The zero-order chi connectivity index (χ0) is 44.1. The molecule has 63 heavy (non-hydrogen) atoms. The predicted molar refractivity (Wildman–Crippen MR) is 252 cm³/mol. The van der Waals surface area contributed by atoms with Gasteiger partial charge in [0, 0.05) is 24.7 Å². The largest absolute Gasteiger partial charge is 0.494 e. The minimum absolute atomic E-state index is 0.0482. The van der Waals surface area contributed by atoms with Gasteiger partial charge in [0.15, 0.2) is 6.29 Å². The van der Waals surface area contributed by atoms with Crippen molar-refractivity contribution < 1.29 is 38.3 Å². The number of thiazole rings is 1. The molecule has 1 atom stereocenters. The zero-order valence-electron chi connectivity index (χ0n) is 36.8. The number of aromatic nitrogens is 1. The zero-order valence-corrected chi connectivity index (χ0v) is 37.6. The molecule has 0 aliphatic heterocycles. The van der Waals surface area contributed by atoms with Crippen LogP contribution in [0.1, 0.15) is 75.8 Å². The van der Waals surface area contributed by atoms with E-state index in [9.17, 15) is 9.90 Å². The molecule has 1 aromatic heterocycles. The number of hydrazone groups is 1. The topological polar surface area (TPSA) is 121 Å². The summed E-state index contributed by atoms with van der Waals surface area (Å²) < 4.78 is 35.5. The first-order valence-corrected chi connectivity index (χ1v) is 23.2. The number of aliphatic hydroxyl groups is 1. The average molecular weight is 878 g/mol. The third-order valence-corrected chi connectivity index (χ3v) is 12.2. The molecule has 0 amide bonds. The van der Waals surface area contributed by atoms with Crippen LogP contribution in [0.3, 0.4) is 0 Å². The Balaban J connectivity index is 1.02. The maximum absolute atomic E-state index is 11.1. The van der Waals surface area contributed by atoms with Gasteiger partial charge < -0.3 is 33.5 Å². The second-order valence-corrected chi connectivity index (χ2v) is 16.8. The Hall–Kier alpha value is -5.27. The van der Waals surface area contributed by atoms with E-state index in [1.165, 1.54) is 11.6 Å². The third kappa shape index (κ3) is 15.2. The van der Waals surface area contributed by atoms with Crippen LogP contribution >= 0.6 is 11.3 Å². The molecule has 1 unspecified atom stereocenters. The van der Waals surface area contributed by atoms with Gasteiger partial charge in [-0.2, -0.15) is 5.10 Å². The lowest BCUT2D eigenvalue weighted by molar-refractivity contribution is -0.137. The van der Waals surface area contributed by atoms with Crippen LogP contribution < -0.4 is 19.2 Å². The van der Waals surface area contributed by atoms with Gasteiger partial charge in [-0.25, -0.2) is 14.8 Å². The highest BCUT2D eigenvalue weighted by Crippen LogP contribution is 2.34. The molecule has 336 valence electrons. The molecule has 6 rings (SSSR count). The minimum atomic E-state index is -0.880. The first-order valence-electron chi connectivity index (χ1n) is 22.4. The summed E-state index contributed by atoms with van der Waals surface area (Å²) in [5, 5.41) is 18.8. The van der Waals surface area contributed by atoms with Gasteiger partial charge in [-0.05, 0) is 129 Å². The van der Waals surface area contributed by atoms with Gasteiger partial charge in [-0.3, -0.25) is 0 Å². The number of rotatable bonds is 27. The van der Waals surface area contributed by atoms with Gasteiger partial charge in [0.2, 0.25) is 5.13 Å². The number of aryl methyl sites for hydroxylation is 1. The Morgan fingerprint density at radius 1 is 0.873 bits per heavy atom. The number of ether oxygens (including phenoxy) is 6. The van der Waals surface area contributed by atoms with E-state index in [2.05, 4.69) is 62.0 Å². The number of hydrogen-bond donors (Lipinski definition) is 1. The SMILES string of the molecule is C=CC(=O)OCCCCCCOc1ccc(OC(O)C2CCC(COc3ccc(-c4ccc(CCC)cc4)c(/C=N/N(CCOCCOC)c4nc5ccccc5s4)c3)CC2)cc1. The predicted octanol–water partition coefficient (Wildman–Crippen LogP) is 10.7. The molecule has 0 radical (unpaired) electrons. The monoisotopic (exact) mass is 877 g/mol. The number of hydrogen-bond acceptors (Lipinski definition) is 12. The van der Waals surface area contributed by atoms with Crippen LogP contribution in [0.5, 0.6) is 17.2 Å². The molecule has 1 saturated carbocycles. The Bertz CT molecular complexity index is 2120. The van der Waals surface area contributed by atoms with E-state index in [0.29, 0.717) is 57.9 Å². The summed E-state index contributed by atoms with van der Waals surface area (Å²) in [6.07, 6.45) is 11.7. The number of aliphatic hydroxyl groups excluding tert-OH is 1. The van der Waals surface area contributed by atoms with Crippen molar-refractivity contribution >= 4 is 38.9 Å². The molecule has 5 aromatic rings. The molecule has 1 aliphatic rings. The van der Waals surface area contributed by atoms with E-state index in [0.717, 1.165) is 108 Å². The van der Waals surface area contributed by atoms with Gasteiger partial charge in [0.1, 0.15) is 17.2 Å². The molecular formula is C51H63N3O8S. The van der Waals surface area contributed by atoms with Crippen molar-refractivity contribution in [2.24, 2.45) is 16.9 Å². The molecule has 1 aliphatic carbocycles. The van der Waals surface area contributed by atoms with Gasteiger partial charge in [0.25, 0.3) is 0 Å². The van der Waals surface area contributed by atoms with Crippen molar-refractivity contribution in [2.75, 3.05) is 58.3 Å². The van der Waals surface area contributed by atoms with E-state index in [-0.39, 0.29) is 11.9 Å². The van der Waals surface area contributed by atoms with Crippen LogP contribution in [-0.2, 0) is 25.4 Å². The van der Waals surface area contributed by atoms with Crippen LogP contribution in [0.4, 0.5) is 5.13 Å². The summed E-state index contributed by atoms with van der Waals surface area (Å²) in [6.45, 7) is 9.26. The molecule has 11 nitrogen and oxygen atoms in total. The van der Waals surface area contributed by atoms with E-state index in [1.54, 1.807) is 18.4 Å². The van der Waals surface area contributed by atoms with Crippen molar-refractivity contribution in [3.8, 4) is 28.4 Å². The van der Waals surface area contributed by atoms with Crippen LogP contribution in [0.2, 0.25) is 0 Å². The second-order valence-electron chi connectivity index (χ2n) is 15.8. The smallest absolute Gasteiger partial charge is 0.330 e. The number of benzene rings is 4. The van der Waals surface area contributed by atoms with Crippen molar-refractivity contribution in [1.29, 1.82) is 0 Å². The summed E-state index contributed by atoms with van der Waals surface area (Å²) in [7, 11) is 1.67. The van der Waals surface area contributed by atoms with Gasteiger partial charge in [-0.15, -0.1) is 0 Å². The number of fused-ring (bicyclic) bond motifs is 1. The number of carbonyl (C=O) groups is 1. The fourth-order valence-corrected chi connectivity index (χ4v) is 8.47. The van der Waals surface area contributed by atoms with Crippen molar-refractivity contribution in [3.05, 3.63) is 115 Å². The Morgan fingerprint density at radius 2 is 1.62 bits per heavy atom. The quantitative estimate of drug-likeness (QED) is 0.0136. The van der Waals surface area contributed by atoms with Crippen molar-refractivity contribution in [1.82, 2.24) is 4.98 Å². The molecule has 0 bridgehead atoms. The van der Waals surface area contributed by atoms with Crippen LogP contribution in [-0.4, -0.2) is 81.9 Å². The number of esters is 1. The van der Waals surface area contributed by atoms with E-state index in [1.807, 2.05) is 53.7 Å². The number of carbonyl (C=O) groups excluding carboxylic acids is 1. The highest BCUT2D eigenvalue weighted by Gasteiger charge is 2.28. The summed E-state index contributed by atoms with van der Waals surface area (Å²) >= 11 is 1.61.